The molecular formula is C10H17N2O+. The van der Waals surface area contributed by atoms with Crippen molar-refractivity contribution in [2.75, 3.05) is 0 Å². The third-order valence-corrected chi connectivity index (χ3v) is 2.05. The van der Waals surface area contributed by atoms with Crippen LogP contribution in [0.4, 0.5) is 0 Å². The molecule has 0 unspecified atom stereocenters. The van der Waals surface area contributed by atoms with E-state index in [9.17, 15) is 4.79 Å². The van der Waals surface area contributed by atoms with E-state index in [0.717, 1.165) is 19.3 Å². The maximum Gasteiger partial charge on any atom is 0.313 e. The van der Waals surface area contributed by atoms with Crippen LogP contribution in [0.1, 0.15) is 37.4 Å². The quantitative estimate of drug-likeness (QED) is 0.511. The maximum atomic E-state index is 11.5. The number of hydrogen-bond acceptors (Lipinski definition) is 1. The summed E-state index contributed by atoms with van der Waals surface area (Å²) in [6, 6.07) is 0. The molecule has 1 aromatic rings. The predicted octanol–water partition coefficient (Wildman–Crippen LogP) is 1.53. The van der Waals surface area contributed by atoms with Gasteiger partial charge >= 0.3 is 5.91 Å². The van der Waals surface area contributed by atoms with E-state index in [-0.39, 0.29) is 5.91 Å². The Balaban J connectivity index is 2.40. The largest absolute Gasteiger partial charge is 0.313 e. The molecule has 0 radical (unpaired) electrons. The van der Waals surface area contributed by atoms with E-state index in [2.05, 4.69) is 6.92 Å². The average Bonchev–Trinajstić information content (AvgIpc) is 2.52. The fourth-order valence-corrected chi connectivity index (χ4v) is 1.25. The Labute approximate surface area is 79.0 Å². The summed E-state index contributed by atoms with van der Waals surface area (Å²) < 4.78 is 3.52. The van der Waals surface area contributed by atoms with Gasteiger partial charge in [0.05, 0.1) is 13.5 Å². The van der Waals surface area contributed by atoms with E-state index < -0.39 is 0 Å². The minimum Gasteiger partial charge on any atom is -0.246 e. The van der Waals surface area contributed by atoms with Gasteiger partial charge in [0, 0.05) is 0 Å². The Bertz CT molecular complexity index is 278. The van der Waals surface area contributed by atoms with Crippen LogP contribution < -0.4 is 4.57 Å². The lowest BCUT2D eigenvalue weighted by Crippen LogP contribution is -2.24. The van der Waals surface area contributed by atoms with Crippen LogP contribution in [0.25, 0.3) is 0 Å². The van der Waals surface area contributed by atoms with Crippen LogP contribution in [-0.4, -0.2) is 10.5 Å². The first-order valence-electron chi connectivity index (χ1n) is 4.80. The van der Waals surface area contributed by atoms with Crippen LogP contribution in [-0.2, 0) is 7.05 Å². The molecule has 0 aliphatic heterocycles. The molecule has 0 saturated heterocycles. The Morgan fingerprint density at radius 3 is 2.77 bits per heavy atom. The van der Waals surface area contributed by atoms with E-state index in [0.29, 0.717) is 6.42 Å². The summed E-state index contributed by atoms with van der Waals surface area (Å²) in [6.07, 6.45) is 9.42. The molecule has 0 aliphatic carbocycles. The van der Waals surface area contributed by atoms with Gasteiger partial charge in [0.2, 0.25) is 0 Å². The van der Waals surface area contributed by atoms with E-state index in [1.165, 1.54) is 0 Å². The highest BCUT2D eigenvalue weighted by Gasteiger charge is 2.09. The summed E-state index contributed by atoms with van der Waals surface area (Å²) in [7, 11) is 1.91. The van der Waals surface area contributed by atoms with Gasteiger partial charge in [0.15, 0.2) is 0 Å². The molecule has 0 spiro atoms. The second-order valence-electron chi connectivity index (χ2n) is 3.34. The number of aryl methyl sites for hydroxylation is 1. The van der Waals surface area contributed by atoms with E-state index in [4.69, 9.17) is 0 Å². The van der Waals surface area contributed by atoms with Gasteiger partial charge in [-0.25, -0.2) is 9.36 Å². The van der Waals surface area contributed by atoms with Crippen LogP contribution in [0.2, 0.25) is 0 Å². The van der Waals surface area contributed by atoms with Crippen LogP contribution in [0.5, 0.6) is 0 Å². The number of hydrogen-bond donors (Lipinski definition) is 0. The molecule has 13 heavy (non-hydrogen) atoms. The van der Waals surface area contributed by atoms with E-state index in [1.807, 2.05) is 17.8 Å². The second kappa shape index (κ2) is 4.80. The molecule has 0 aromatic carbocycles. The molecule has 0 amide bonds. The van der Waals surface area contributed by atoms with Gasteiger partial charge in [0.25, 0.3) is 6.33 Å². The zero-order valence-corrected chi connectivity index (χ0v) is 8.36. The van der Waals surface area contributed by atoms with Crippen LogP contribution in [0, 0.1) is 0 Å². The highest BCUT2D eigenvalue weighted by molar-refractivity contribution is 5.78. The van der Waals surface area contributed by atoms with Crippen LogP contribution in [0.15, 0.2) is 18.7 Å². The molecule has 0 fully saturated rings. The van der Waals surface area contributed by atoms with Crippen molar-refractivity contribution >= 4 is 5.91 Å². The number of rotatable bonds is 4. The lowest BCUT2D eigenvalue weighted by molar-refractivity contribution is -0.670. The van der Waals surface area contributed by atoms with Crippen molar-refractivity contribution in [3.8, 4) is 0 Å². The summed E-state index contributed by atoms with van der Waals surface area (Å²) in [5.74, 6) is 0.189. The van der Waals surface area contributed by atoms with Gasteiger partial charge in [-0.05, 0) is 6.42 Å². The molecule has 3 nitrogen and oxygen atoms in total. The fourth-order valence-electron chi connectivity index (χ4n) is 1.25. The SMILES string of the molecule is CCCCCC(=O)n1cc[n+](C)c1. The Morgan fingerprint density at radius 1 is 1.46 bits per heavy atom. The highest BCUT2D eigenvalue weighted by atomic mass is 16.2. The monoisotopic (exact) mass is 181 g/mol. The number of unbranched alkanes of at least 4 members (excludes halogenated alkanes) is 2. The fraction of sp³-hybridized carbons (Fsp3) is 0.600. The second-order valence-corrected chi connectivity index (χ2v) is 3.34. The summed E-state index contributed by atoms with van der Waals surface area (Å²) in [4.78, 5) is 11.5. The third-order valence-electron chi connectivity index (χ3n) is 2.05. The maximum absolute atomic E-state index is 11.5. The molecular weight excluding hydrogens is 164 g/mol. The molecule has 3 heteroatoms. The molecule has 0 N–H and O–H groups in total. The summed E-state index contributed by atoms with van der Waals surface area (Å²) in [5, 5.41) is 0. The van der Waals surface area contributed by atoms with Gasteiger partial charge in [-0.2, -0.15) is 4.57 Å². The van der Waals surface area contributed by atoms with Gasteiger partial charge in [-0.1, -0.05) is 19.8 Å². The van der Waals surface area contributed by atoms with Crippen molar-refractivity contribution < 1.29 is 9.36 Å². The molecule has 0 aliphatic rings. The summed E-state index contributed by atoms with van der Waals surface area (Å²) in [6.45, 7) is 2.14. The summed E-state index contributed by atoms with van der Waals surface area (Å²) >= 11 is 0. The number of carbonyl (C=O) groups is 1. The average molecular weight is 181 g/mol. The Kier molecular flexibility index (Phi) is 3.68. The standard InChI is InChI=1S/C10H17N2O/c1-3-4-5-6-10(13)12-8-7-11(2)9-12/h7-9H,3-6H2,1-2H3/q+1. The van der Waals surface area contributed by atoms with E-state index in [1.54, 1.807) is 17.1 Å². The molecule has 1 aromatic heterocycles. The molecule has 72 valence electrons. The molecule has 0 saturated carbocycles. The van der Waals surface area contributed by atoms with Crippen molar-refractivity contribution in [3.63, 3.8) is 0 Å². The van der Waals surface area contributed by atoms with Crippen molar-refractivity contribution in [3.05, 3.63) is 18.7 Å². The van der Waals surface area contributed by atoms with Crippen molar-refractivity contribution in [1.82, 2.24) is 4.57 Å². The smallest absolute Gasteiger partial charge is 0.246 e. The van der Waals surface area contributed by atoms with Crippen LogP contribution in [0.3, 0.4) is 0 Å². The van der Waals surface area contributed by atoms with Crippen molar-refractivity contribution in [1.29, 1.82) is 0 Å². The number of nitrogens with zero attached hydrogens (tertiary/aromatic N) is 2. The predicted molar refractivity (Wildman–Crippen MR) is 50.4 cm³/mol. The van der Waals surface area contributed by atoms with Gasteiger partial charge < -0.3 is 0 Å². The van der Waals surface area contributed by atoms with Crippen LogP contribution >= 0.6 is 0 Å². The molecule has 1 heterocycles. The summed E-state index contributed by atoms with van der Waals surface area (Å²) in [5.41, 5.74) is 0. The minimum atomic E-state index is 0.189. The first kappa shape index (κ1) is 9.96. The van der Waals surface area contributed by atoms with Crippen molar-refractivity contribution in [2.24, 2.45) is 7.05 Å². The first-order valence-corrected chi connectivity index (χ1v) is 4.80. The zero-order valence-electron chi connectivity index (χ0n) is 8.36. The highest BCUT2D eigenvalue weighted by Crippen LogP contribution is 2.01. The Morgan fingerprint density at radius 2 is 2.23 bits per heavy atom. The Hall–Kier alpha value is -1.12. The van der Waals surface area contributed by atoms with Gasteiger partial charge in [0.1, 0.15) is 12.4 Å². The van der Waals surface area contributed by atoms with Gasteiger partial charge in [-0.15, -0.1) is 0 Å². The number of carbonyl (C=O) groups excluding carboxylic acids is 1. The topological polar surface area (TPSA) is 25.9 Å². The molecule has 0 bridgehead atoms. The minimum absolute atomic E-state index is 0.189. The van der Waals surface area contributed by atoms with Crippen molar-refractivity contribution in [2.45, 2.75) is 32.6 Å². The zero-order chi connectivity index (χ0) is 9.68. The lowest BCUT2D eigenvalue weighted by Gasteiger charge is -1.94. The molecule has 0 atom stereocenters. The van der Waals surface area contributed by atoms with E-state index >= 15 is 0 Å². The number of imidazole rings is 1. The third kappa shape index (κ3) is 3.01. The lowest BCUT2D eigenvalue weighted by atomic mass is 10.2. The molecule has 1 rings (SSSR count). The first-order chi connectivity index (χ1) is 6.24. The van der Waals surface area contributed by atoms with Gasteiger partial charge in [-0.3, -0.25) is 0 Å². The number of aromatic nitrogens is 2. The normalized spacial score (nSPS) is 10.3.